The predicted octanol–water partition coefficient (Wildman–Crippen LogP) is 1.74. The van der Waals surface area contributed by atoms with Crippen LogP contribution in [-0.4, -0.2) is 28.0 Å². The van der Waals surface area contributed by atoms with Crippen LogP contribution in [0.25, 0.3) is 0 Å². The average molecular weight is 350 g/mol. The zero-order valence-electron chi connectivity index (χ0n) is 14.7. The van der Waals surface area contributed by atoms with Crippen molar-refractivity contribution in [1.82, 2.24) is 9.78 Å². The smallest absolute Gasteiger partial charge is 0.285 e. The van der Waals surface area contributed by atoms with Gasteiger partial charge >= 0.3 is 0 Å². The van der Waals surface area contributed by atoms with Crippen LogP contribution in [0.15, 0.2) is 29.1 Å². The van der Waals surface area contributed by atoms with E-state index in [0.717, 1.165) is 11.1 Å². The number of rotatable bonds is 4. The maximum atomic E-state index is 12.6. The zero-order chi connectivity index (χ0) is 18.8. The quantitative estimate of drug-likeness (QED) is 0.783. The lowest BCUT2D eigenvalue weighted by Gasteiger charge is -2.16. The van der Waals surface area contributed by atoms with Gasteiger partial charge in [-0.2, -0.15) is 10.4 Å². The van der Waals surface area contributed by atoms with Gasteiger partial charge in [-0.3, -0.25) is 14.4 Å². The molecule has 0 N–H and O–H groups in total. The van der Waals surface area contributed by atoms with Gasteiger partial charge in [-0.1, -0.05) is 12.1 Å². The number of benzene rings is 1. The Labute approximate surface area is 150 Å². The fourth-order valence-corrected chi connectivity index (χ4v) is 3.01. The van der Waals surface area contributed by atoms with E-state index in [1.54, 1.807) is 43.0 Å². The van der Waals surface area contributed by atoms with Crippen LogP contribution < -0.4 is 10.5 Å². The molecule has 1 aromatic carbocycles. The van der Waals surface area contributed by atoms with Crippen LogP contribution in [-0.2, 0) is 11.3 Å². The number of hydrogen-bond donors (Lipinski definition) is 0. The number of amides is 1. The molecule has 0 spiro atoms. The van der Waals surface area contributed by atoms with E-state index in [0.29, 0.717) is 35.5 Å². The van der Waals surface area contributed by atoms with Crippen molar-refractivity contribution in [1.29, 1.82) is 5.26 Å². The minimum Gasteiger partial charge on any atom is -0.312 e. The Morgan fingerprint density at radius 2 is 2.08 bits per heavy atom. The van der Waals surface area contributed by atoms with E-state index in [1.165, 1.54) is 0 Å². The summed E-state index contributed by atoms with van der Waals surface area (Å²) in [4.78, 5) is 38.5. The van der Waals surface area contributed by atoms with E-state index in [2.05, 4.69) is 5.10 Å². The second-order valence-electron chi connectivity index (χ2n) is 6.28. The van der Waals surface area contributed by atoms with E-state index in [1.807, 2.05) is 6.07 Å². The molecule has 26 heavy (non-hydrogen) atoms. The molecule has 0 saturated carbocycles. The number of aryl methyl sites for hydroxylation is 1. The lowest BCUT2D eigenvalue weighted by atomic mass is 10.1. The van der Waals surface area contributed by atoms with Crippen molar-refractivity contribution in [2.75, 3.05) is 11.4 Å². The number of aromatic nitrogens is 2. The highest BCUT2D eigenvalue weighted by Gasteiger charge is 2.22. The molecule has 1 aliphatic heterocycles. The Morgan fingerprint density at radius 1 is 1.31 bits per heavy atom. The van der Waals surface area contributed by atoms with Gasteiger partial charge in [-0.15, -0.1) is 0 Å². The molecule has 0 atom stereocenters. The van der Waals surface area contributed by atoms with Gasteiger partial charge in [-0.25, -0.2) is 4.68 Å². The van der Waals surface area contributed by atoms with Gasteiger partial charge in [0.15, 0.2) is 5.78 Å². The van der Waals surface area contributed by atoms with Gasteiger partial charge in [0.05, 0.1) is 5.69 Å². The highest BCUT2D eigenvalue weighted by atomic mass is 16.2. The predicted molar refractivity (Wildman–Crippen MR) is 95.0 cm³/mol. The summed E-state index contributed by atoms with van der Waals surface area (Å²) in [7, 11) is 0. The van der Waals surface area contributed by atoms with Crippen molar-refractivity contribution in [2.45, 2.75) is 33.2 Å². The van der Waals surface area contributed by atoms with E-state index >= 15 is 0 Å². The summed E-state index contributed by atoms with van der Waals surface area (Å²) in [6, 6.07) is 8.68. The number of hydrogen-bond acceptors (Lipinski definition) is 5. The van der Waals surface area contributed by atoms with Crippen LogP contribution in [0.1, 0.15) is 40.0 Å². The largest absolute Gasteiger partial charge is 0.312 e. The molecule has 0 radical (unpaired) electrons. The van der Waals surface area contributed by atoms with Gasteiger partial charge in [-0.05, 0) is 38.0 Å². The first-order chi connectivity index (χ1) is 12.4. The Morgan fingerprint density at radius 3 is 2.73 bits per heavy atom. The van der Waals surface area contributed by atoms with Gasteiger partial charge in [0, 0.05) is 24.2 Å². The second-order valence-corrected chi connectivity index (χ2v) is 6.28. The van der Waals surface area contributed by atoms with Crippen LogP contribution in [0.2, 0.25) is 0 Å². The van der Waals surface area contributed by atoms with Gasteiger partial charge in [0.1, 0.15) is 18.2 Å². The summed E-state index contributed by atoms with van der Waals surface area (Å²) in [6.45, 7) is 3.73. The fraction of sp³-hybridized carbons (Fsp3) is 0.316. The molecule has 1 aliphatic rings. The molecule has 0 bridgehead atoms. The highest BCUT2D eigenvalue weighted by molar-refractivity contribution is 5.99. The third kappa shape index (κ3) is 3.14. The fourth-order valence-electron chi connectivity index (χ4n) is 3.01. The summed E-state index contributed by atoms with van der Waals surface area (Å²) < 4.78 is 1.02. The zero-order valence-corrected chi connectivity index (χ0v) is 14.7. The summed E-state index contributed by atoms with van der Waals surface area (Å²) >= 11 is 0. The maximum absolute atomic E-state index is 12.6. The number of nitriles is 1. The molecular formula is C19H18N4O3. The van der Waals surface area contributed by atoms with E-state index in [4.69, 9.17) is 5.26 Å². The minimum absolute atomic E-state index is 0.00159. The second kappa shape index (κ2) is 6.92. The Kier molecular flexibility index (Phi) is 4.67. The van der Waals surface area contributed by atoms with Crippen LogP contribution in [0.5, 0.6) is 0 Å². The van der Waals surface area contributed by atoms with Crippen LogP contribution in [0.3, 0.4) is 0 Å². The summed E-state index contributed by atoms with van der Waals surface area (Å²) in [5.74, 6) is -0.263. The topological polar surface area (TPSA) is 96.1 Å². The maximum Gasteiger partial charge on any atom is 0.285 e. The molecule has 7 heteroatoms. The standard InChI is InChI=1S/C19H18N4O3/c1-12-13(2)21-23(19(26)16(12)10-20)11-17(24)14-5-3-6-15(9-14)22-8-4-7-18(22)25/h3,5-6,9H,4,7-8,11H2,1-2H3. The van der Waals surface area contributed by atoms with Gasteiger partial charge in [0.25, 0.3) is 5.56 Å². The Bertz CT molecular complexity index is 1000. The van der Waals surface area contributed by atoms with Crippen molar-refractivity contribution in [3.05, 3.63) is 57.0 Å². The highest BCUT2D eigenvalue weighted by Crippen LogP contribution is 2.22. The van der Waals surface area contributed by atoms with Crippen molar-refractivity contribution in [3.63, 3.8) is 0 Å². The van der Waals surface area contributed by atoms with Crippen LogP contribution in [0.4, 0.5) is 5.69 Å². The summed E-state index contributed by atoms with van der Waals surface area (Å²) in [5.41, 5.74) is 1.56. The summed E-state index contributed by atoms with van der Waals surface area (Å²) in [5, 5.41) is 13.3. The normalized spacial score (nSPS) is 13.7. The third-order valence-corrected chi connectivity index (χ3v) is 4.60. The minimum atomic E-state index is -0.574. The number of carbonyl (C=O) groups excluding carboxylic acids is 2. The first-order valence-corrected chi connectivity index (χ1v) is 8.34. The molecular weight excluding hydrogens is 332 g/mol. The molecule has 1 saturated heterocycles. The molecule has 0 unspecified atom stereocenters. The van der Waals surface area contributed by atoms with E-state index in [-0.39, 0.29) is 23.8 Å². The first-order valence-electron chi connectivity index (χ1n) is 8.34. The molecule has 2 heterocycles. The Balaban J connectivity index is 1.90. The molecule has 1 fully saturated rings. The third-order valence-electron chi connectivity index (χ3n) is 4.60. The average Bonchev–Trinajstić information content (AvgIpc) is 3.06. The molecule has 7 nitrogen and oxygen atoms in total. The van der Waals surface area contributed by atoms with Crippen molar-refractivity contribution in [2.24, 2.45) is 0 Å². The van der Waals surface area contributed by atoms with Gasteiger partial charge in [0.2, 0.25) is 5.91 Å². The number of ketones is 1. The Hall–Kier alpha value is -3.27. The molecule has 132 valence electrons. The molecule has 2 aromatic rings. The lowest BCUT2D eigenvalue weighted by molar-refractivity contribution is -0.117. The van der Waals surface area contributed by atoms with Crippen LogP contribution in [0, 0.1) is 25.2 Å². The molecule has 0 aliphatic carbocycles. The van der Waals surface area contributed by atoms with Crippen LogP contribution >= 0.6 is 0 Å². The van der Waals surface area contributed by atoms with Crippen molar-refractivity contribution >= 4 is 17.4 Å². The number of nitrogens with zero attached hydrogens (tertiary/aromatic N) is 4. The van der Waals surface area contributed by atoms with Crippen molar-refractivity contribution in [3.8, 4) is 6.07 Å². The number of Topliss-reactive ketones (excluding diaryl/α,β-unsaturated/α-hetero) is 1. The molecule has 3 rings (SSSR count). The summed E-state index contributed by atoms with van der Waals surface area (Å²) in [6.07, 6.45) is 1.31. The van der Waals surface area contributed by atoms with E-state index in [9.17, 15) is 14.4 Å². The first kappa shape index (κ1) is 17.5. The number of carbonyl (C=O) groups is 2. The molecule has 1 aromatic heterocycles. The van der Waals surface area contributed by atoms with Crippen molar-refractivity contribution < 1.29 is 9.59 Å². The molecule has 1 amide bonds. The number of anilines is 1. The monoisotopic (exact) mass is 350 g/mol. The SMILES string of the molecule is Cc1nn(CC(=O)c2cccc(N3CCCC3=O)c2)c(=O)c(C#N)c1C. The lowest BCUT2D eigenvalue weighted by Crippen LogP contribution is -2.30. The van der Waals surface area contributed by atoms with E-state index < -0.39 is 5.56 Å². The van der Waals surface area contributed by atoms with Gasteiger partial charge < -0.3 is 4.90 Å².